The Balaban J connectivity index is 0.00000392. The van der Waals surface area contributed by atoms with E-state index in [1.165, 1.54) is 5.56 Å². The molecule has 6 nitrogen and oxygen atoms in total. The SMILES string of the molecule is CCc1nncn1CCNC(=NCCCSC)NCCc1ccc(Cl)cc1.I. The molecule has 0 amide bonds. The number of aryl methyl sites for hydroxylation is 1. The lowest BCUT2D eigenvalue weighted by molar-refractivity contribution is 0.631. The van der Waals surface area contributed by atoms with Gasteiger partial charge in [0.2, 0.25) is 0 Å². The first-order valence-electron chi connectivity index (χ1n) is 9.35. The fourth-order valence-corrected chi connectivity index (χ4v) is 3.13. The van der Waals surface area contributed by atoms with Crippen molar-refractivity contribution in [2.75, 3.05) is 31.6 Å². The molecule has 0 saturated heterocycles. The lowest BCUT2D eigenvalue weighted by Crippen LogP contribution is -2.40. The van der Waals surface area contributed by atoms with Gasteiger partial charge in [0.25, 0.3) is 0 Å². The Morgan fingerprint density at radius 2 is 1.96 bits per heavy atom. The minimum Gasteiger partial charge on any atom is -0.356 e. The van der Waals surface area contributed by atoms with Gasteiger partial charge < -0.3 is 15.2 Å². The normalized spacial score (nSPS) is 11.2. The summed E-state index contributed by atoms with van der Waals surface area (Å²) in [6.45, 7) is 5.33. The summed E-state index contributed by atoms with van der Waals surface area (Å²) in [4.78, 5) is 4.69. The second-order valence-corrected chi connectivity index (χ2v) is 7.52. The second-order valence-electron chi connectivity index (χ2n) is 6.10. The zero-order valence-electron chi connectivity index (χ0n) is 16.5. The van der Waals surface area contributed by atoms with Gasteiger partial charge >= 0.3 is 0 Å². The Kier molecular flexibility index (Phi) is 13.3. The molecule has 2 rings (SSSR count). The van der Waals surface area contributed by atoms with Gasteiger partial charge in [-0.2, -0.15) is 11.8 Å². The van der Waals surface area contributed by atoms with Crippen molar-refractivity contribution < 1.29 is 0 Å². The fraction of sp³-hybridized carbons (Fsp3) is 0.526. The van der Waals surface area contributed by atoms with Gasteiger partial charge in [-0.15, -0.1) is 34.2 Å². The number of guanidine groups is 1. The molecule has 2 aromatic rings. The molecule has 0 spiro atoms. The number of hydrogen-bond acceptors (Lipinski definition) is 4. The molecule has 0 saturated carbocycles. The molecule has 1 aromatic carbocycles. The summed E-state index contributed by atoms with van der Waals surface area (Å²) in [6.07, 6.45) is 6.79. The van der Waals surface area contributed by atoms with Crippen LogP contribution < -0.4 is 10.6 Å². The molecular formula is C19H30ClIN6S. The summed E-state index contributed by atoms with van der Waals surface area (Å²) < 4.78 is 2.08. The average molecular weight is 537 g/mol. The molecule has 0 aliphatic heterocycles. The predicted octanol–water partition coefficient (Wildman–Crippen LogP) is 3.64. The highest BCUT2D eigenvalue weighted by atomic mass is 127. The predicted molar refractivity (Wildman–Crippen MR) is 131 cm³/mol. The van der Waals surface area contributed by atoms with Crippen LogP contribution >= 0.6 is 47.3 Å². The van der Waals surface area contributed by atoms with E-state index in [0.29, 0.717) is 0 Å². The van der Waals surface area contributed by atoms with Gasteiger partial charge in [-0.3, -0.25) is 4.99 Å². The number of aliphatic imine (C=N–C) groups is 1. The lowest BCUT2D eigenvalue weighted by atomic mass is 10.1. The van der Waals surface area contributed by atoms with Gasteiger partial charge in [-0.05, 0) is 42.5 Å². The number of hydrogen-bond donors (Lipinski definition) is 2. The Morgan fingerprint density at radius 3 is 2.68 bits per heavy atom. The number of nitrogens with one attached hydrogen (secondary N) is 2. The largest absolute Gasteiger partial charge is 0.356 e. The standard InChI is InChI=1S/C19H29ClN6S.HI/c1-3-18-25-24-15-26(18)13-12-23-19(21-10-4-14-27-2)22-11-9-16-5-7-17(20)8-6-16;/h5-8,15H,3-4,9-14H2,1-2H3,(H2,21,22,23);1H. The Labute approximate surface area is 194 Å². The first-order chi connectivity index (χ1) is 13.2. The van der Waals surface area contributed by atoms with Crippen LogP contribution in [-0.4, -0.2) is 52.4 Å². The Hall–Kier alpha value is -1.000. The van der Waals surface area contributed by atoms with Crippen LogP contribution in [0.3, 0.4) is 0 Å². The summed E-state index contributed by atoms with van der Waals surface area (Å²) >= 11 is 7.79. The van der Waals surface area contributed by atoms with E-state index >= 15 is 0 Å². The molecule has 9 heteroatoms. The highest BCUT2D eigenvalue weighted by Crippen LogP contribution is 2.09. The van der Waals surface area contributed by atoms with Crippen LogP contribution in [-0.2, 0) is 19.4 Å². The molecule has 156 valence electrons. The molecule has 0 aliphatic carbocycles. The quantitative estimate of drug-likeness (QED) is 0.199. The summed E-state index contributed by atoms with van der Waals surface area (Å²) in [6, 6.07) is 7.98. The van der Waals surface area contributed by atoms with E-state index in [2.05, 4.69) is 55.7 Å². The van der Waals surface area contributed by atoms with Crippen LogP contribution in [0.5, 0.6) is 0 Å². The molecule has 0 atom stereocenters. The highest BCUT2D eigenvalue weighted by molar-refractivity contribution is 14.0. The number of benzene rings is 1. The minimum atomic E-state index is 0. The molecule has 0 fully saturated rings. The second kappa shape index (κ2) is 14.9. The van der Waals surface area contributed by atoms with E-state index in [1.807, 2.05) is 23.9 Å². The number of nitrogens with zero attached hydrogens (tertiary/aromatic N) is 4. The first kappa shape index (κ1) is 25.0. The van der Waals surface area contributed by atoms with Crippen LogP contribution in [0.4, 0.5) is 0 Å². The third-order valence-electron chi connectivity index (χ3n) is 4.05. The van der Waals surface area contributed by atoms with E-state index in [-0.39, 0.29) is 24.0 Å². The van der Waals surface area contributed by atoms with E-state index in [0.717, 1.165) is 68.0 Å². The van der Waals surface area contributed by atoms with Gasteiger partial charge in [0.1, 0.15) is 12.2 Å². The Morgan fingerprint density at radius 1 is 1.21 bits per heavy atom. The smallest absolute Gasteiger partial charge is 0.191 e. The maximum absolute atomic E-state index is 5.94. The van der Waals surface area contributed by atoms with Crippen molar-refractivity contribution in [3.63, 3.8) is 0 Å². The summed E-state index contributed by atoms with van der Waals surface area (Å²) in [5.74, 6) is 2.99. The van der Waals surface area contributed by atoms with Crippen LogP contribution in [0, 0.1) is 0 Å². The van der Waals surface area contributed by atoms with E-state index in [1.54, 1.807) is 6.33 Å². The van der Waals surface area contributed by atoms with Gasteiger partial charge in [-0.25, -0.2) is 0 Å². The minimum absolute atomic E-state index is 0. The maximum Gasteiger partial charge on any atom is 0.191 e. The molecule has 1 heterocycles. The molecule has 0 radical (unpaired) electrons. The maximum atomic E-state index is 5.94. The van der Waals surface area contributed by atoms with Crippen molar-refractivity contribution in [3.05, 3.63) is 47.0 Å². The third kappa shape index (κ3) is 9.47. The van der Waals surface area contributed by atoms with Crippen molar-refractivity contribution in [3.8, 4) is 0 Å². The lowest BCUT2D eigenvalue weighted by Gasteiger charge is -2.13. The molecule has 0 unspecified atom stereocenters. The molecule has 1 aromatic heterocycles. The molecular weight excluding hydrogens is 507 g/mol. The highest BCUT2D eigenvalue weighted by Gasteiger charge is 2.03. The summed E-state index contributed by atoms with van der Waals surface area (Å²) in [5, 5.41) is 15.7. The summed E-state index contributed by atoms with van der Waals surface area (Å²) in [7, 11) is 0. The Bertz CT molecular complexity index is 692. The van der Waals surface area contributed by atoms with Gasteiger partial charge in [-0.1, -0.05) is 30.7 Å². The van der Waals surface area contributed by atoms with Crippen molar-refractivity contribution in [1.29, 1.82) is 0 Å². The first-order valence-corrected chi connectivity index (χ1v) is 11.1. The van der Waals surface area contributed by atoms with Crippen LogP contribution in [0.1, 0.15) is 24.7 Å². The van der Waals surface area contributed by atoms with Crippen molar-refractivity contribution in [1.82, 2.24) is 25.4 Å². The van der Waals surface area contributed by atoms with Gasteiger partial charge in [0, 0.05) is 37.6 Å². The topological polar surface area (TPSA) is 67.1 Å². The van der Waals surface area contributed by atoms with Crippen LogP contribution in [0.15, 0.2) is 35.6 Å². The van der Waals surface area contributed by atoms with Gasteiger partial charge in [0.05, 0.1) is 0 Å². The summed E-state index contributed by atoms with van der Waals surface area (Å²) in [5.41, 5.74) is 1.26. The van der Waals surface area contributed by atoms with Crippen LogP contribution in [0.25, 0.3) is 0 Å². The third-order valence-corrected chi connectivity index (χ3v) is 5.00. The fourth-order valence-electron chi connectivity index (χ4n) is 2.58. The van der Waals surface area contributed by atoms with E-state index in [9.17, 15) is 0 Å². The van der Waals surface area contributed by atoms with Crippen LogP contribution in [0.2, 0.25) is 5.02 Å². The van der Waals surface area contributed by atoms with E-state index < -0.39 is 0 Å². The molecule has 0 aliphatic rings. The van der Waals surface area contributed by atoms with Crippen molar-refractivity contribution in [2.24, 2.45) is 4.99 Å². The number of halogens is 2. The zero-order chi connectivity index (χ0) is 19.3. The number of rotatable bonds is 11. The van der Waals surface area contributed by atoms with Gasteiger partial charge in [0.15, 0.2) is 5.96 Å². The zero-order valence-corrected chi connectivity index (χ0v) is 20.4. The molecule has 2 N–H and O–H groups in total. The van der Waals surface area contributed by atoms with E-state index in [4.69, 9.17) is 11.6 Å². The average Bonchev–Trinajstić information content (AvgIpc) is 3.14. The number of aromatic nitrogens is 3. The monoisotopic (exact) mass is 536 g/mol. The molecule has 28 heavy (non-hydrogen) atoms. The number of thioether (sulfide) groups is 1. The molecule has 0 bridgehead atoms. The van der Waals surface area contributed by atoms with Crippen molar-refractivity contribution >= 4 is 53.3 Å². The van der Waals surface area contributed by atoms with Crippen molar-refractivity contribution in [2.45, 2.75) is 32.7 Å².